The van der Waals surface area contributed by atoms with Crippen LogP contribution in [0.1, 0.15) is 52.4 Å². The molecule has 2 fully saturated rings. The molecule has 18 heavy (non-hydrogen) atoms. The molecule has 0 spiro atoms. The number of nitrogens with zero attached hydrogens (tertiary/aromatic N) is 1. The molecule has 0 aromatic rings. The van der Waals surface area contributed by atoms with E-state index in [0.717, 1.165) is 44.2 Å². The molecule has 0 bridgehead atoms. The number of carbonyl (C=O) groups is 1. The van der Waals surface area contributed by atoms with Gasteiger partial charge in [0.2, 0.25) is 0 Å². The van der Waals surface area contributed by atoms with E-state index in [1.165, 1.54) is 19.3 Å². The van der Waals surface area contributed by atoms with E-state index in [9.17, 15) is 9.90 Å². The first kappa shape index (κ1) is 13.9. The third-order valence-electron chi connectivity index (χ3n) is 5.11. The highest BCUT2D eigenvalue weighted by Gasteiger charge is 2.38. The Labute approximate surface area is 111 Å². The Bertz CT molecular complexity index is 284. The Morgan fingerprint density at radius 1 is 1.22 bits per heavy atom. The van der Waals surface area contributed by atoms with E-state index in [1.54, 1.807) is 0 Å². The van der Waals surface area contributed by atoms with Crippen molar-refractivity contribution in [3.63, 3.8) is 0 Å². The molecule has 3 heteroatoms. The summed E-state index contributed by atoms with van der Waals surface area (Å²) in [5.74, 6) is 0.856. The number of rotatable bonds is 3. The molecule has 0 radical (unpaired) electrons. The predicted octanol–water partition coefficient (Wildman–Crippen LogP) is 3.00. The Morgan fingerprint density at radius 2 is 1.89 bits per heavy atom. The van der Waals surface area contributed by atoms with Crippen LogP contribution < -0.4 is 0 Å². The zero-order chi connectivity index (χ0) is 13.1. The van der Waals surface area contributed by atoms with E-state index >= 15 is 0 Å². The highest BCUT2D eigenvalue weighted by atomic mass is 16.4. The summed E-state index contributed by atoms with van der Waals surface area (Å²) in [5, 5.41) is 9.42. The lowest BCUT2D eigenvalue weighted by Gasteiger charge is -2.43. The molecule has 0 aromatic heterocycles. The van der Waals surface area contributed by atoms with Gasteiger partial charge in [0.05, 0.1) is 5.92 Å². The number of piperidine rings is 1. The predicted molar refractivity (Wildman–Crippen MR) is 72.5 cm³/mol. The number of aliphatic carboxylic acids is 1. The van der Waals surface area contributed by atoms with Crippen LogP contribution in [0, 0.1) is 17.8 Å². The zero-order valence-electron chi connectivity index (χ0n) is 11.8. The van der Waals surface area contributed by atoms with Crippen molar-refractivity contribution < 1.29 is 9.90 Å². The minimum Gasteiger partial charge on any atom is -0.481 e. The highest BCUT2D eigenvalue weighted by Crippen LogP contribution is 2.35. The summed E-state index contributed by atoms with van der Waals surface area (Å²) in [6.45, 7) is 6.75. The Hall–Kier alpha value is -0.570. The van der Waals surface area contributed by atoms with Crippen molar-refractivity contribution in [1.82, 2.24) is 4.90 Å². The number of carboxylic acids is 1. The van der Waals surface area contributed by atoms with E-state index in [1.807, 2.05) is 0 Å². The third kappa shape index (κ3) is 3.05. The van der Waals surface area contributed by atoms with Crippen LogP contribution in [0.3, 0.4) is 0 Å². The maximum atomic E-state index is 11.4. The van der Waals surface area contributed by atoms with Gasteiger partial charge in [-0.05, 0) is 57.0 Å². The monoisotopic (exact) mass is 253 g/mol. The average molecular weight is 253 g/mol. The van der Waals surface area contributed by atoms with Gasteiger partial charge in [0.15, 0.2) is 0 Å². The number of hydrogen-bond donors (Lipinski definition) is 1. The lowest BCUT2D eigenvalue weighted by molar-refractivity contribution is -0.146. The highest BCUT2D eigenvalue weighted by molar-refractivity contribution is 5.71. The van der Waals surface area contributed by atoms with Gasteiger partial charge < -0.3 is 5.11 Å². The van der Waals surface area contributed by atoms with Gasteiger partial charge in [-0.15, -0.1) is 0 Å². The van der Waals surface area contributed by atoms with Crippen LogP contribution in [-0.4, -0.2) is 35.1 Å². The summed E-state index contributed by atoms with van der Waals surface area (Å²) in [5.41, 5.74) is 0. The summed E-state index contributed by atoms with van der Waals surface area (Å²) >= 11 is 0. The molecule has 3 unspecified atom stereocenters. The molecule has 3 atom stereocenters. The Balaban J connectivity index is 2.02. The zero-order valence-corrected chi connectivity index (χ0v) is 11.8. The second-order valence-electron chi connectivity index (χ2n) is 6.32. The van der Waals surface area contributed by atoms with Gasteiger partial charge in [-0.2, -0.15) is 0 Å². The maximum Gasteiger partial charge on any atom is 0.308 e. The Morgan fingerprint density at radius 3 is 2.44 bits per heavy atom. The first-order valence-corrected chi connectivity index (χ1v) is 7.58. The van der Waals surface area contributed by atoms with Gasteiger partial charge in [0.25, 0.3) is 0 Å². The van der Waals surface area contributed by atoms with Gasteiger partial charge in [0, 0.05) is 6.04 Å². The molecule has 0 amide bonds. The van der Waals surface area contributed by atoms with Crippen LogP contribution in [0.4, 0.5) is 0 Å². The molecule has 2 rings (SSSR count). The third-order valence-corrected chi connectivity index (χ3v) is 5.11. The van der Waals surface area contributed by atoms with Crippen LogP contribution in [0.15, 0.2) is 0 Å². The number of likely N-dealkylation sites (tertiary alicyclic amines) is 1. The van der Waals surface area contributed by atoms with E-state index in [-0.39, 0.29) is 5.92 Å². The van der Waals surface area contributed by atoms with Crippen molar-refractivity contribution in [2.45, 2.75) is 58.4 Å². The lowest BCUT2D eigenvalue weighted by atomic mass is 9.76. The molecule has 104 valence electrons. The summed E-state index contributed by atoms with van der Waals surface area (Å²) in [7, 11) is 0. The van der Waals surface area contributed by atoms with Crippen molar-refractivity contribution in [1.29, 1.82) is 0 Å². The number of carboxylic acid groups (broad SMARTS) is 1. The normalized spacial score (nSPS) is 35.6. The van der Waals surface area contributed by atoms with E-state index < -0.39 is 5.97 Å². The minimum absolute atomic E-state index is 0.124. The molecule has 2 aliphatic rings. The van der Waals surface area contributed by atoms with Crippen molar-refractivity contribution in [2.75, 3.05) is 13.1 Å². The fourth-order valence-electron chi connectivity index (χ4n) is 3.65. The van der Waals surface area contributed by atoms with Gasteiger partial charge in [-0.25, -0.2) is 0 Å². The molecule has 1 N–H and O–H groups in total. The minimum atomic E-state index is -0.576. The SMILES string of the molecule is CCC1CCC(C(=O)O)C(N2CCC(C)CC2)C1. The van der Waals surface area contributed by atoms with Crippen molar-refractivity contribution in [2.24, 2.45) is 17.8 Å². The van der Waals surface area contributed by atoms with Crippen molar-refractivity contribution in [3.8, 4) is 0 Å². The van der Waals surface area contributed by atoms with Gasteiger partial charge in [-0.3, -0.25) is 9.69 Å². The summed E-state index contributed by atoms with van der Waals surface area (Å²) in [4.78, 5) is 13.9. The summed E-state index contributed by atoms with van der Waals surface area (Å²) in [6, 6.07) is 0.300. The second-order valence-corrected chi connectivity index (χ2v) is 6.32. The smallest absolute Gasteiger partial charge is 0.308 e. The van der Waals surface area contributed by atoms with E-state index in [4.69, 9.17) is 0 Å². The largest absolute Gasteiger partial charge is 0.481 e. The summed E-state index contributed by atoms with van der Waals surface area (Å²) in [6.07, 6.45) is 6.76. The molecule has 1 heterocycles. The van der Waals surface area contributed by atoms with Gasteiger partial charge in [-0.1, -0.05) is 20.3 Å². The topological polar surface area (TPSA) is 40.5 Å². The van der Waals surface area contributed by atoms with E-state index in [0.29, 0.717) is 6.04 Å². The van der Waals surface area contributed by atoms with Crippen LogP contribution in [0.25, 0.3) is 0 Å². The van der Waals surface area contributed by atoms with Crippen LogP contribution in [0.5, 0.6) is 0 Å². The first-order chi connectivity index (χ1) is 8.61. The van der Waals surface area contributed by atoms with Crippen LogP contribution in [-0.2, 0) is 4.79 Å². The Kier molecular flexibility index (Phi) is 4.66. The van der Waals surface area contributed by atoms with Crippen molar-refractivity contribution >= 4 is 5.97 Å². The molecular weight excluding hydrogens is 226 g/mol. The molecule has 1 saturated heterocycles. The average Bonchev–Trinajstić information content (AvgIpc) is 2.38. The molecule has 1 aliphatic heterocycles. The lowest BCUT2D eigenvalue weighted by Crippen LogP contribution is -2.49. The number of hydrogen-bond acceptors (Lipinski definition) is 2. The van der Waals surface area contributed by atoms with E-state index in [2.05, 4.69) is 18.7 Å². The molecule has 1 saturated carbocycles. The van der Waals surface area contributed by atoms with Gasteiger partial charge in [0.1, 0.15) is 0 Å². The fourth-order valence-corrected chi connectivity index (χ4v) is 3.65. The quantitative estimate of drug-likeness (QED) is 0.840. The standard InChI is InChI=1S/C15H27NO2/c1-3-12-4-5-13(15(17)18)14(10-12)16-8-6-11(2)7-9-16/h11-14H,3-10H2,1-2H3,(H,17,18). The van der Waals surface area contributed by atoms with Crippen LogP contribution in [0.2, 0.25) is 0 Å². The van der Waals surface area contributed by atoms with Crippen molar-refractivity contribution in [3.05, 3.63) is 0 Å². The van der Waals surface area contributed by atoms with Crippen LogP contribution >= 0.6 is 0 Å². The maximum absolute atomic E-state index is 11.4. The fraction of sp³-hybridized carbons (Fsp3) is 0.933. The molecule has 1 aliphatic carbocycles. The van der Waals surface area contributed by atoms with Gasteiger partial charge >= 0.3 is 5.97 Å². The summed E-state index contributed by atoms with van der Waals surface area (Å²) < 4.78 is 0. The second kappa shape index (κ2) is 6.05. The molecule has 3 nitrogen and oxygen atoms in total. The first-order valence-electron chi connectivity index (χ1n) is 7.58. The molecular formula is C15H27NO2. The molecule has 0 aromatic carbocycles.